The van der Waals surface area contributed by atoms with E-state index in [1.165, 1.54) is 11.1 Å². The van der Waals surface area contributed by atoms with Crippen molar-refractivity contribution >= 4 is 5.91 Å². The van der Waals surface area contributed by atoms with E-state index >= 15 is 0 Å². The number of hydrogen-bond acceptors (Lipinski definition) is 3. The van der Waals surface area contributed by atoms with Crippen molar-refractivity contribution < 1.29 is 4.79 Å². The standard InChI is InChI=1S/C32H38N4O/c1-23(2)30(36(20-8-19-33)32(37)28-17-13-25(4)14-18-28)31-34-29(27-15-11-24(3)12-16-27)22-35(31)21-26-9-6-5-7-10-26/h5-7,9-18,22-23,30H,8,19-21,33H2,1-4H3. The van der Waals surface area contributed by atoms with E-state index in [1.807, 2.05) is 42.2 Å². The molecule has 2 N–H and O–H groups in total. The van der Waals surface area contributed by atoms with E-state index in [0.717, 1.165) is 29.1 Å². The highest BCUT2D eigenvalue weighted by molar-refractivity contribution is 5.94. The van der Waals surface area contributed by atoms with Crippen LogP contribution in [0.1, 0.15) is 59.2 Å². The molecular formula is C32H38N4O. The molecule has 0 aliphatic carbocycles. The van der Waals surface area contributed by atoms with Crippen LogP contribution in [0.5, 0.6) is 0 Å². The molecule has 37 heavy (non-hydrogen) atoms. The van der Waals surface area contributed by atoms with Crippen LogP contribution in [0.25, 0.3) is 11.3 Å². The van der Waals surface area contributed by atoms with E-state index < -0.39 is 0 Å². The number of amides is 1. The Balaban J connectivity index is 1.81. The van der Waals surface area contributed by atoms with Crippen molar-refractivity contribution in [2.45, 2.75) is 46.7 Å². The molecule has 0 saturated carbocycles. The summed E-state index contributed by atoms with van der Waals surface area (Å²) in [5.41, 5.74) is 12.1. The van der Waals surface area contributed by atoms with Gasteiger partial charge in [-0.15, -0.1) is 0 Å². The van der Waals surface area contributed by atoms with Gasteiger partial charge in [-0.2, -0.15) is 0 Å². The van der Waals surface area contributed by atoms with E-state index in [9.17, 15) is 4.79 Å². The number of aromatic nitrogens is 2. The second kappa shape index (κ2) is 12.0. The Kier molecular flexibility index (Phi) is 8.57. The molecule has 1 heterocycles. The van der Waals surface area contributed by atoms with E-state index in [-0.39, 0.29) is 17.9 Å². The van der Waals surface area contributed by atoms with Gasteiger partial charge in [-0.05, 0) is 50.4 Å². The zero-order chi connectivity index (χ0) is 26.4. The van der Waals surface area contributed by atoms with Crippen molar-refractivity contribution in [2.24, 2.45) is 11.7 Å². The van der Waals surface area contributed by atoms with Crippen LogP contribution in [0, 0.1) is 19.8 Å². The molecule has 3 aromatic carbocycles. The molecule has 0 radical (unpaired) electrons. The predicted octanol–water partition coefficient (Wildman–Crippen LogP) is 6.40. The maximum Gasteiger partial charge on any atom is 0.254 e. The fourth-order valence-corrected chi connectivity index (χ4v) is 4.72. The van der Waals surface area contributed by atoms with Gasteiger partial charge < -0.3 is 15.2 Å². The van der Waals surface area contributed by atoms with Gasteiger partial charge in [0.05, 0.1) is 11.7 Å². The number of carbonyl (C=O) groups excluding carboxylic acids is 1. The number of nitrogens with two attached hydrogens (primary N) is 1. The van der Waals surface area contributed by atoms with Crippen LogP contribution >= 0.6 is 0 Å². The predicted molar refractivity (Wildman–Crippen MR) is 151 cm³/mol. The van der Waals surface area contributed by atoms with E-state index in [4.69, 9.17) is 10.7 Å². The lowest BCUT2D eigenvalue weighted by Crippen LogP contribution is -2.40. The minimum absolute atomic E-state index is 0.0123. The molecule has 5 nitrogen and oxygen atoms in total. The molecular weight excluding hydrogens is 456 g/mol. The van der Waals surface area contributed by atoms with Crippen LogP contribution in [0.2, 0.25) is 0 Å². The Hall–Kier alpha value is -3.70. The maximum atomic E-state index is 13.9. The summed E-state index contributed by atoms with van der Waals surface area (Å²) in [6.07, 6.45) is 2.85. The summed E-state index contributed by atoms with van der Waals surface area (Å²) < 4.78 is 2.22. The monoisotopic (exact) mass is 494 g/mol. The number of hydrogen-bond donors (Lipinski definition) is 1. The molecule has 0 aliphatic rings. The fourth-order valence-electron chi connectivity index (χ4n) is 4.72. The molecule has 0 fully saturated rings. The first kappa shape index (κ1) is 26.4. The largest absolute Gasteiger partial charge is 0.330 e. The van der Waals surface area contributed by atoms with Crippen molar-refractivity contribution in [2.75, 3.05) is 13.1 Å². The molecule has 1 amide bonds. The third kappa shape index (κ3) is 6.36. The Morgan fingerprint density at radius 2 is 1.54 bits per heavy atom. The highest BCUT2D eigenvalue weighted by atomic mass is 16.2. The van der Waals surface area contributed by atoms with Gasteiger partial charge in [0.15, 0.2) is 0 Å². The van der Waals surface area contributed by atoms with Crippen LogP contribution in [0.3, 0.4) is 0 Å². The highest BCUT2D eigenvalue weighted by Crippen LogP contribution is 2.32. The van der Waals surface area contributed by atoms with Crippen LogP contribution in [0.15, 0.2) is 85.1 Å². The van der Waals surface area contributed by atoms with Crippen LogP contribution < -0.4 is 5.73 Å². The van der Waals surface area contributed by atoms with E-state index in [0.29, 0.717) is 25.2 Å². The van der Waals surface area contributed by atoms with E-state index in [2.05, 4.69) is 80.1 Å². The Labute approximate surface area is 221 Å². The van der Waals surface area contributed by atoms with Crippen LogP contribution in [0.4, 0.5) is 0 Å². The third-order valence-electron chi connectivity index (χ3n) is 6.74. The number of benzene rings is 3. The zero-order valence-corrected chi connectivity index (χ0v) is 22.4. The summed E-state index contributed by atoms with van der Waals surface area (Å²) in [5, 5.41) is 0. The van der Waals surface area contributed by atoms with Gasteiger partial charge in [0, 0.05) is 30.4 Å². The first-order valence-corrected chi connectivity index (χ1v) is 13.1. The lowest BCUT2D eigenvalue weighted by Gasteiger charge is -2.34. The zero-order valence-electron chi connectivity index (χ0n) is 22.4. The Morgan fingerprint density at radius 3 is 2.14 bits per heavy atom. The van der Waals surface area contributed by atoms with Crippen molar-refractivity contribution in [3.63, 3.8) is 0 Å². The van der Waals surface area contributed by atoms with Gasteiger partial charge >= 0.3 is 0 Å². The van der Waals surface area contributed by atoms with Gasteiger partial charge in [-0.1, -0.05) is 91.7 Å². The van der Waals surface area contributed by atoms with Gasteiger partial charge in [-0.3, -0.25) is 4.79 Å². The second-order valence-electron chi connectivity index (χ2n) is 10.2. The summed E-state index contributed by atoms with van der Waals surface area (Å²) in [5.74, 6) is 1.06. The van der Waals surface area contributed by atoms with Crippen LogP contribution in [-0.4, -0.2) is 33.4 Å². The van der Waals surface area contributed by atoms with Crippen LogP contribution in [-0.2, 0) is 6.54 Å². The number of rotatable bonds is 10. The van der Waals surface area contributed by atoms with Crippen molar-refractivity contribution in [1.29, 1.82) is 0 Å². The molecule has 0 bridgehead atoms. The van der Waals surface area contributed by atoms with Crippen molar-refractivity contribution in [1.82, 2.24) is 14.5 Å². The molecule has 0 spiro atoms. The minimum atomic E-state index is -0.205. The minimum Gasteiger partial charge on any atom is -0.330 e. The molecule has 5 heteroatoms. The number of carbonyl (C=O) groups is 1. The second-order valence-corrected chi connectivity index (χ2v) is 10.2. The lowest BCUT2D eigenvalue weighted by molar-refractivity contribution is 0.0604. The summed E-state index contributed by atoms with van der Waals surface area (Å²) in [6, 6.07) is 26.5. The van der Waals surface area contributed by atoms with Gasteiger partial charge in [0.2, 0.25) is 0 Å². The highest BCUT2D eigenvalue weighted by Gasteiger charge is 2.32. The smallest absolute Gasteiger partial charge is 0.254 e. The molecule has 4 rings (SSSR count). The SMILES string of the molecule is Cc1ccc(C(=O)N(CCCN)C(c2nc(-c3ccc(C)cc3)cn2Cc2ccccc2)C(C)C)cc1. The fraction of sp³-hybridized carbons (Fsp3) is 0.312. The summed E-state index contributed by atoms with van der Waals surface area (Å²) >= 11 is 0. The molecule has 4 aromatic rings. The van der Waals surface area contributed by atoms with E-state index in [1.54, 1.807) is 0 Å². The summed E-state index contributed by atoms with van der Waals surface area (Å²) in [4.78, 5) is 21.1. The average Bonchev–Trinajstić information content (AvgIpc) is 3.30. The van der Waals surface area contributed by atoms with Crippen molar-refractivity contribution in [3.05, 3.63) is 113 Å². The third-order valence-corrected chi connectivity index (χ3v) is 6.74. The Morgan fingerprint density at radius 1 is 0.919 bits per heavy atom. The normalized spacial score (nSPS) is 12.1. The van der Waals surface area contributed by atoms with Gasteiger partial charge in [0.25, 0.3) is 5.91 Å². The van der Waals surface area contributed by atoms with Gasteiger partial charge in [-0.25, -0.2) is 4.98 Å². The molecule has 1 atom stereocenters. The number of imidazole rings is 1. The van der Waals surface area contributed by atoms with Gasteiger partial charge in [0.1, 0.15) is 5.82 Å². The summed E-state index contributed by atoms with van der Waals surface area (Å²) in [6.45, 7) is 10.2. The molecule has 192 valence electrons. The molecule has 0 aliphatic heterocycles. The van der Waals surface area contributed by atoms with Crippen molar-refractivity contribution in [3.8, 4) is 11.3 Å². The maximum absolute atomic E-state index is 13.9. The first-order chi connectivity index (χ1) is 17.9. The lowest BCUT2D eigenvalue weighted by atomic mass is 9.99. The molecule has 1 aromatic heterocycles. The Bertz CT molecular complexity index is 1290. The molecule has 1 unspecified atom stereocenters. The quantitative estimate of drug-likeness (QED) is 0.277. The topological polar surface area (TPSA) is 64.2 Å². The average molecular weight is 495 g/mol. The number of nitrogens with zero attached hydrogens (tertiary/aromatic N) is 3. The first-order valence-electron chi connectivity index (χ1n) is 13.1. The molecule has 0 saturated heterocycles. The summed E-state index contributed by atoms with van der Waals surface area (Å²) in [7, 11) is 0. The number of aryl methyl sites for hydroxylation is 2.